The SMILES string of the molecule is Cc1ccc(NC(=O)NC2CCCCC2N)cc1Cl. The molecular formula is C14H20ClN3O. The Hall–Kier alpha value is -1.26. The lowest BCUT2D eigenvalue weighted by Gasteiger charge is -2.29. The Kier molecular flexibility index (Phi) is 4.66. The van der Waals surface area contributed by atoms with Gasteiger partial charge >= 0.3 is 6.03 Å². The molecule has 0 radical (unpaired) electrons. The maximum absolute atomic E-state index is 11.9. The first-order valence-corrected chi connectivity index (χ1v) is 7.03. The summed E-state index contributed by atoms with van der Waals surface area (Å²) < 4.78 is 0. The third kappa shape index (κ3) is 3.85. The molecule has 4 N–H and O–H groups in total. The second-order valence-corrected chi connectivity index (χ2v) is 5.52. The summed E-state index contributed by atoms with van der Waals surface area (Å²) in [7, 11) is 0. The Morgan fingerprint density at radius 3 is 2.79 bits per heavy atom. The number of halogens is 1. The Morgan fingerprint density at radius 1 is 1.37 bits per heavy atom. The molecule has 19 heavy (non-hydrogen) atoms. The van der Waals surface area contributed by atoms with E-state index in [0.29, 0.717) is 10.7 Å². The molecule has 0 aliphatic heterocycles. The van der Waals surface area contributed by atoms with E-state index in [9.17, 15) is 4.79 Å². The van der Waals surface area contributed by atoms with E-state index in [1.807, 2.05) is 19.1 Å². The fraction of sp³-hybridized carbons (Fsp3) is 0.500. The van der Waals surface area contributed by atoms with Crippen molar-refractivity contribution in [3.8, 4) is 0 Å². The molecule has 1 aliphatic carbocycles. The highest BCUT2D eigenvalue weighted by Gasteiger charge is 2.23. The quantitative estimate of drug-likeness (QED) is 0.780. The fourth-order valence-electron chi connectivity index (χ4n) is 2.34. The predicted molar refractivity (Wildman–Crippen MR) is 78.6 cm³/mol. The number of nitrogens with one attached hydrogen (secondary N) is 2. The minimum atomic E-state index is -0.220. The van der Waals surface area contributed by atoms with Crippen LogP contribution in [-0.4, -0.2) is 18.1 Å². The van der Waals surface area contributed by atoms with Gasteiger partial charge in [-0.3, -0.25) is 0 Å². The molecule has 5 heteroatoms. The molecule has 1 aromatic rings. The molecule has 0 bridgehead atoms. The zero-order valence-corrected chi connectivity index (χ0v) is 11.8. The Morgan fingerprint density at radius 2 is 2.11 bits per heavy atom. The number of aryl methyl sites for hydroxylation is 1. The highest BCUT2D eigenvalue weighted by atomic mass is 35.5. The first-order chi connectivity index (χ1) is 9.06. The van der Waals surface area contributed by atoms with Crippen molar-refractivity contribution < 1.29 is 4.79 Å². The van der Waals surface area contributed by atoms with Gasteiger partial charge in [-0.1, -0.05) is 30.5 Å². The Labute approximate surface area is 118 Å². The number of carbonyl (C=O) groups is 1. The number of nitrogens with two attached hydrogens (primary N) is 1. The van der Waals surface area contributed by atoms with Crippen LogP contribution in [0.15, 0.2) is 18.2 Å². The third-order valence-electron chi connectivity index (χ3n) is 3.57. The van der Waals surface area contributed by atoms with Gasteiger partial charge in [-0.15, -0.1) is 0 Å². The van der Waals surface area contributed by atoms with E-state index in [0.717, 1.165) is 31.2 Å². The summed E-state index contributed by atoms with van der Waals surface area (Å²) in [5.74, 6) is 0. The van der Waals surface area contributed by atoms with Gasteiger partial charge in [-0.2, -0.15) is 0 Å². The van der Waals surface area contributed by atoms with Crippen molar-refractivity contribution in [1.29, 1.82) is 0 Å². The van der Waals surface area contributed by atoms with E-state index in [1.54, 1.807) is 6.07 Å². The number of hydrogen-bond acceptors (Lipinski definition) is 2. The molecule has 1 aliphatic rings. The van der Waals surface area contributed by atoms with Crippen LogP contribution in [0.2, 0.25) is 5.02 Å². The standard InChI is InChI=1S/C14H20ClN3O/c1-9-6-7-10(8-11(9)15)17-14(19)18-13-5-3-2-4-12(13)16/h6-8,12-13H,2-5,16H2,1H3,(H2,17,18,19). The molecule has 1 aromatic carbocycles. The Bertz CT molecular complexity index is 464. The van der Waals surface area contributed by atoms with Crippen LogP contribution in [0, 0.1) is 6.92 Å². The van der Waals surface area contributed by atoms with E-state index in [4.69, 9.17) is 17.3 Å². The highest BCUT2D eigenvalue weighted by Crippen LogP contribution is 2.20. The minimum Gasteiger partial charge on any atom is -0.334 e. The van der Waals surface area contributed by atoms with E-state index in [1.165, 1.54) is 0 Å². The smallest absolute Gasteiger partial charge is 0.319 e. The van der Waals surface area contributed by atoms with E-state index < -0.39 is 0 Å². The molecule has 0 saturated heterocycles. The van der Waals surface area contributed by atoms with Gasteiger partial charge in [0.25, 0.3) is 0 Å². The fourth-order valence-corrected chi connectivity index (χ4v) is 2.53. The third-order valence-corrected chi connectivity index (χ3v) is 3.97. The number of hydrogen-bond donors (Lipinski definition) is 3. The monoisotopic (exact) mass is 281 g/mol. The normalized spacial score (nSPS) is 22.9. The molecule has 1 fully saturated rings. The molecule has 4 nitrogen and oxygen atoms in total. The van der Waals surface area contributed by atoms with Gasteiger partial charge in [-0.05, 0) is 37.5 Å². The van der Waals surface area contributed by atoms with Crippen LogP contribution in [0.25, 0.3) is 0 Å². The van der Waals surface area contributed by atoms with Crippen molar-refractivity contribution in [3.05, 3.63) is 28.8 Å². The zero-order valence-electron chi connectivity index (χ0n) is 11.1. The number of urea groups is 1. The largest absolute Gasteiger partial charge is 0.334 e. The summed E-state index contributed by atoms with van der Waals surface area (Å²) in [6.45, 7) is 1.92. The van der Waals surface area contributed by atoms with Crippen LogP contribution >= 0.6 is 11.6 Å². The lowest BCUT2D eigenvalue weighted by atomic mass is 9.91. The minimum absolute atomic E-state index is 0.0566. The number of anilines is 1. The van der Waals surface area contributed by atoms with Gasteiger partial charge in [0.15, 0.2) is 0 Å². The van der Waals surface area contributed by atoms with Gasteiger partial charge < -0.3 is 16.4 Å². The van der Waals surface area contributed by atoms with Gasteiger partial charge in [-0.25, -0.2) is 4.79 Å². The molecule has 104 valence electrons. The second-order valence-electron chi connectivity index (χ2n) is 5.12. The number of amides is 2. The van der Waals surface area contributed by atoms with Gasteiger partial charge in [0.1, 0.15) is 0 Å². The predicted octanol–water partition coefficient (Wildman–Crippen LogP) is 3.04. The van der Waals surface area contributed by atoms with Crippen LogP contribution in [0.1, 0.15) is 31.2 Å². The zero-order chi connectivity index (χ0) is 13.8. The molecular weight excluding hydrogens is 262 g/mol. The summed E-state index contributed by atoms with van der Waals surface area (Å²) in [5.41, 5.74) is 7.68. The average Bonchev–Trinajstić information content (AvgIpc) is 2.37. The lowest BCUT2D eigenvalue weighted by Crippen LogP contribution is -2.50. The number of benzene rings is 1. The first kappa shape index (κ1) is 14.2. The van der Waals surface area contributed by atoms with Crippen molar-refractivity contribution in [3.63, 3.8) is 0 Å². The van der Waals surface area contributed by atoms with Crippen LogP contribution < -0.4 is 16.4 Å². The number of carbonyl (C=O) groups excluding carboxylic acids is 1. The van der Waals surface area contributed by atoms with Crippen LogP contribution in [0.4, 0.5) is 10.5 Å². The van der Waals surface area contributed by atoms with Gasteiger partial charge in [0.2, 0.25) is 0 Å². The first-order valence-electron chi connectivity index (χ1n) is 6.65. The van der Waals surface area contributed by atoms with Gasteiger partial charge in [0.05, 0.1) is 0 Å². The molecule has 2 unspecified atom stereocenters. The summed E-state index contributed by atoms with van der Waals surface area (Å²) in [4.78, 5) is 11.9. The summed E-state index contributed by atoms with van der Waals surface area (Å²) in [5, 5.41) is 6.37. The number of rotatable bonds is 2. The topological polar surface area (TPSA) is 67.2 Å². The molecule has 0 spiro atoms. The average molecular weight is 282 g/mol. The van der Waals surface area contributed by atoms with Crippen LogP contribution in [0.5, 0.6) is 0 Å². The van der Waals surface area contributed by atoms with E-state index in [-0.39, 0.29) is 18.1 Å². The maximum Gasteiger partial charge on any atom is 0.319 e. The van der Waals surface area contributed by atoms with Crippen molar-refractivity contribution in [2.45, 2.75) is 44.7 Å². The van der Waals surface area contributed by atoms with E-state index in [2.05, 4.69) is 10.6 Å². The molecule has 0 aromatic heterocycles. The second kappa shape index (κ2) is 6.26. The molecule has 2 amide bonds. The van der Waals surface area contributed by atoms with Crippen molar-refractivity contribution in [1.82, 2.24) is 5.32 Å². The maximum atomic E-state index is 11.9. The van der Waals surface area contributed by atoms with E-state index >= 15 is 0 Å². The summed E-state index contributed by atoms with van der Waals surface area (Å²) >= 11 is 6.02. The molecule has 0 heterocycles. The van der Waals surface area contributed by atoms with Crippen LogP contribution in [0.3, 0.4) is 0 Å². The lowest BCUT2D eigenvalue weighted by molar-refractivity contribution is 0.240. The van der Waals surface area contributed by atoms with Crippen molar-refractivity contribution in [2.75, 3.05) is 5.32 Å². The Balaban J connectivity index is 1.91. The molecule has 2 atom stereocenters. The van der Waals surface area contributed by atoms with Crippen molar-refractivity contribution >= 4 is 23.3 Å². The molecule has 1 saturated carbocycles. The van der Waals surface area contributed by atoms with Crippen molar-refractivity contribution in [2.24, 2.45) is 5.73 Å². The highest BCUT2D eigenvalue weighted by molar-refractivity contribution is 6.31. The van der Waals surface area contributed by atoms with Crippen LogP contribution in [-0.2, 0) is 0 Å². The van der Waals surface area contributed by atoms with Gasteiger partial charge in [0, 0.05) is 22.8 Å². The summed E-state index contributed by atoms with van der Waals surface area (Å²) in [6, 6.07) is 5.36. The molecule has 2 rings (SSSR count). The summed E-state index contributed by atoms with van der Waals surface area (Å²) in [6.07, 6.45) is 4.19.